The molecule has 2 N–H and O–H groups in total. The number of carbonyl (C=O) groups excluding carboxylic acids is 2. The summed E-state index contributed by atoms with van der Waals surface area (Å²) < 4.78 is 5.65. The van der Waals surface area contributed by atoms with E-state index in [2.05, 4.69) is 31.8 Å². The van der Waals surface area contributed by atoms with Crippen LogP contribution in [-0.4, -0.2) is 17.5 Å². The number of benzene rings is 2. The fourth-order valence-electron chi connectivity index (χ4n) is 2.42. The molecule has 0 bridgehead atoms. The van der Waals surface area contributed by atoms with Crippen molar-refractivity contribution in [3.05, 3.63) is 87.8 Å². The van der Waals surface area contributed by atoms with Gasteiger partial charge < -0.3 is 9.73 Å². The van der Waals surface area contributed by atoms with Gasteiger partial charge in [0.2, 0.25) is 0 Å². The van der Waals surface area contributed by atoms with Crippen LogP contribution < -0.4 is 10.7 Å². The third-order valence-electron chi connectivity index (χ3n) is 3.97. The summed E-state index contributed by atoms with van der Waals surface area (Å²) in [6.45, 7) is 3.73. The molecule has 6 nitrogen and oxygen atoms in total. The summed E-state index contributed by atoms with van der Waals surface area (Å²) >= 11 is 3.15. The van der Waals surface area contributed by atoms with Crippen molar-refractivity contribution >= 4 is 39.1 Å². The van der Waals surface area contributed by atoms with Gasteiger partial charge in [-0.05, 0) is 71.7 Å². The molecular weight excluding hydrogens is 422 g/mol. The average Bonchev–Trinajstić information content (AvgIpc) is 3.13. The predicted octanol–water partition coefficient (Wildman–Crippen LogP) is 4.76. The molecule has 7 heteroatoms. The molecule has 0 unspecified atom stereocenters. The third-order valence-corrected chi connectivity index (χ3v) is 4.40. The Bertz CT molecular complexity index is 1040. The molecule has 1 aromatic heterocycles. The second-order valence-corrected chi connectivity index (χ2v) is 6.92. The molecule has 0 radical (unpaired) electrons. The summed E-state index contributed by atoms with van der Waals surface area (Å²) in [5.41, 5.74) is 6.12. The standard InChI is InChI=1S/C21H18BrN3O3/c1-13-6-8-15(9-7-13)20(26)23-17-5-3-4-16(12-17)14(2)24-25-21(27)18-10-11-19(22)28-18/h3-12H,1-2H3,(H,23,26)(H,25,27)/b24-14-. The van der Waals surface area contributed by atoms with Gasteiger partial charge in [0.15, 0.2) is 10.4 Å². The lowest BCUT2D eigenvalue weighted by atomic mass is 10.1. The van der Waals surface area contributed by atoms with E-state index >= 15 is 0 Å². The molecule has 0 fully saturated rings. The van der Waals surface area contributed by atoms with Crippen LogP contribution in [0.2, 0.25) is 0 Å². The van der Waals surface area contributed by atoms with Gasteiger partial charge >= 0.3 is 5.91 Å². The van der Waals surface area contributed by atoms with E-state index < -0.39 is 5.91 Å². The molecule has 2 aromatic carbocycles. The lowest BCUT2D eigenvalue weighted by Gasteiger charge is -2.08. The average molecular weight is 440 g/mol. The summed E-state index contributed by atoms with van der Waals surface area (Å²) in [6.07, 6.45) is 0. The summed E-state index contributed by atoms with van der Waals surface area (Å²) in [6, 6.07) is 17.8. The Morgan fingerprint density at radius 2 is 1.71 bits per heavy atom. The molecule has 0 atom stereocenters. The summed E-state index contributed by atoms with van der Waals surface area (Å²) in [7, 11) is 0. The zero-order valence-electron chi connectivity index (χ0n) is 15.3. The van der Waals surface area contributed by atoms with Crippen LogP contribution in [0.3, 0.4) is 0 Å². The Morgan fingerprint density at radius 3 is 2.39 bits per heavy atom. The molecular formula is C21H18BrN3O3. The SMILES string of the molecule is C/C(=N/NC(=O)c1ccc(Br)o1)c1cccc(NC(=O)c2ccc(C)cc2)c1. The first-order chi connectivity index (χ1) is 13.4. The Morgan fingerprint density at radius 1 is 0.964 bits per heavy atom. The number of hydrazone groups is 1. The van der Waals surface area contributed by atoms with Gasteiger partial charge in [-0.15, -0.1) is 0 Å². The number of hydrogen-bond acceptors (Lipinski definition) is 4. The smallest absolute Gasteiger partial charge is 0.307 e. The summed E-state index contributed by atoms with van der Waals surface area (Å²) in [5, 5.41) is 6.96. The molecule has 0 spiro atoms. The van der Waals surface area contributed by atoms with Crippen LogP contribution in [0.25, 0.3) is 0 Å². The normalized spacial score (nSPS) is 11.2. The van der Waals surface area contributed by atoms with E-state index in [4.69, 9.17) is 4.42 Å². The fraction of sp³-hybridized carbons (Fsp3) is 0.0952. The van der Waals surface area contributed by atoms with Gasteiger partial charge in [0.05, 0.1) is 5.71 Å². The molecule has 2 amide bonds. The van der Waals surface area contributed by atoms with Crippen LogP contribution in [0.5, 0.6) is 0 Å². The number of nitrogens with one attached hydrogen (secondary N) is 2. The van der Waals surface area contributed by atoms with Gasteiger partial charge in [0, 0.05) is 11.3 Å². The maximum absolute atomic E-state index is 12.4. The topological polar surface area (TPSA) is 83.7 Å². The number of anilines is 1. The van der Waals surface area contributed by atoms with E-state index in [1.807, 2.05) is 31.2 Å². The first-order valence-electron chi connectivity index (χ1n) is 8.51. The molecule has 0 saturated carbocycles. The minimum absolute atomic E-state index is 0.155. The van der Waals surface area contributed by atoms with Crippen molar-refractivity contribution < 1.29 is 14.0 Å². The van der Waals surface area contributed by atoms with Crippen molar-refractivity contribution in [3.63, 3.8) is 0 Å². The van der Waals surface area contributed by atoms with E-state index in [0.29, 0.717) is 21.6 Å². The lowest BCUT2D eigenvalue weighted by molar-refractivity contribution is 0.0925. The molecule has 1 heterocycles. The van der Waals surface area contributed by atoms with Crippen molar-refractivity contribution in [1.82, 2.24) is 5.43 Å². The predicted molar refractivity (Wildman–Crippen MR) is 112 cm³/mol. The molecule has 0 saturated heterocycles. The zero-order chi connectivity index (χ0) is 20.1. The quantitative estimate of drug-likeness (QED) is 0.444. The highest BCUT2D eigenvalue weighted by molar-refractivity contribution is 9.10. The highest BCUT2D eigenvalue weighted by Gasteiger charge is 2.10. The molecule has 3 rings (SSSR count). The number of nitrogens with zero attached hydrogens (tertiary/aromatic N) is 1. The van der Waals surface area contributed by atoms with E-state index in [0.717, 1.165) is 11.1 Å². The fourth-order valence-corrected chi connectivity index (χ4v) is 2.73. The van der Waals surface area contributed by atoms with Crippen molar-refractivity contribution in [2.24, 2.45) is 5.10 Å². The second-order valence-electron chi connectivity index (χ2n) is 6.14. The Kier molecular flexibility index (Phi) is 6.06. The highest BCUT2D eigenvalue weighted by atomic mass is 79.9. The van der Waals surface area contributed by atoms with Gasteiger partial charge in [-0.25, -0.2) is 5.43 Å². The summed E-state index contributed by atoms with van der Waals surface area (Å²) in [4.78, 5) is 24.4. The van der Waals surface area contributed by atoms with Crippen LogP contribution in [0.15, 0.2) is 74.9 Å². The molecule has 28 heavy (non-hydrogen) atoms. The van der Waals surface area contributed by atoms with E-state index in [1.165, 1.54) is 0 Å². The van der Waals surface area contributed by atoms with Crippen molar-refractivity contribution in [1.29, 1.82) is 0 Å². The zero-order valence-corrected chi connectivity index (χ0v) is 16.9. The number of furan rings is 1. The van der Waals surface area contributed by atoms with Gasteiger partial charge in [-0.3, -0.25) is 9.59 Å². The van der Waals surface area contributed by atoms with Gasteiger partial charge in [-0.1, -0.05) is 29.8 Å². The van der Waals surface area contributed by atoms with Crippen molar-refractivity contribution in [2.45, 2.75) is 13.8 Å². The number of amides is 2. The largest absolute Gasteiger partial charge is 0.444 e. The third kappa shape index (κ3) is 4.95. The Balaban J connectivity index is 1.68. The molecule has 3 aromatic rings. The monoisotopic (exact) mass is 439 g/mol. The number of carbonyl (C=O) groups is 2. The van der Waals surface area contributed by atoms with E-state index in [1.54, 1.807) is 43.3 Å². The van der Waals surface area contributed by atoms with Gasteiger partial charge in [-0.2, -0.15) is 5.10 Å². The maximum atomic E-state index is 12.4. The van der Waals surface area contributed by atoms with Crippen molar-refractivity contribution in [3.8, 4) is 0 Å². The van der Waals surface area contributed by atoms with E-state index in [9.17, 15) is 9.59 Å². The van der Waals surface area contributed by atoms with E-state index in [-0.39, 0.29) is 11.7 Å². The van der Waals surface area contributed by atoms with Gasteiger partial charge in [0.1, 0.15) is 0 Å². The number of halogens is 1. The van der Waals surface area contributed by atoms with Crippen LogP contribution in [0.1, 0.15) is 39.0 Å². The minimum Gasteiger partial charge on any atom is -0.444 e. The second kappa shape index (κ2) is 8.67. The molecule has 0 aliphatic carbocycles. The molecule has 142 valence electrons. The first-order valence-corrected chi connectivity index (χ1v) is 9.30. The Labute approximate surface area is 170 Å². The molecule has 0 aliphatic rings. The molecule has 0 aliphatic heterocycles. The Hall–Kier alpha value is -3.19. The first kappa shape index (κ1) is 19.6. The highest BCUT2D eigenvalue weighted by Crippen LogP contribution is 2.15. The van der Waals surface area contributed by atoms with Crippen LogP contribution in [0, 0.1) is 6.92 Å². The minimum atomic E-state index is -0.450. The number of rotatable bonds is 5. The van der Waals surface area contributed by atoms with Crippen LogP contribution in [0.4, 0.5) is 5.69 Å². The van der Waals surface area contributed by atoms with Crippen LogP contribution in [-0.2, 0) is 0 Å². The van der Waals surface area contributed by atoms with Crippen LogP contribution >= 0.6 is 15.9 Å². The summed E-state index contributed by atoms with van der Waals surface area (Å²) in [5.74, 6) is -0.486. The van der Waals surface area contributed by atoms with Crippen molar-refractivity contribution in [2.75, 3.05) is 5.32 Å². The number of hydrogen-bond donors (Lipinski definition) is 2. The number of aryl methyl sites for hydroxylation is 1. The lowest BCUT2D eigenvalue weighted by Crippen LogP contribution is -2.18. The maximum Gasteiger partial charge on any atom is 0.307 e. The van der Waals surface area contributed by atoms with Gasteiger partial charge in [0.25, 0.3) is 5.91 Å².